The van der Waals surface area contributed by atoms with Crippen LogP contribution in [0.3, 0.4) is 0 Å². The molecule has 0 amide bonds. The number of H-pyrrole nitrogens is 1. The van der Waals surface area contributed by atoms with Crippen molar-refractivity contribution in [3.63, 3.8) is 0 Å². The highest BCUT2D eigenvalue weighted by atomic mass is 16.1. The monoisotopic (exact) mass is 456 g/mol. The Labute approximate surface area is 199 Å². The van der Waals surface area contributed by atoms with E-state index in [4.69, 9.17) is 9.98 Å². The fourth-order valence-electron chi connectivity index (χ4n) is 5.54. The Balaban J connectivity index is 1.55. The lowest BCUT2D eigenvalue weighted by Gasteiger charge is -2.33. The van der Waals surface area contributed by atoms with Gasteiger partial charge in [-0.25, -0.2) is 4.98 Å². The largest absolute Gasteiger partial charge is 0.342 e. The third-order valence-electron chi connectivity index (χ3n) is 7.54. The number of nitrogens with one attached hydrogen (secondary N) is 1. The van der Waals surface area contributed by atoms with Crippen molar-refractivity contribution < 1.29 is 0 Å². The standard InChI is InChI=1S/C26H44N6O/c1-19-17-21-22(23(27-19)26(2,3)4)28-25(29-24(21)33)32(18-20-9-6-7-10-20)12-8-11-31-15-13-30(5)14-16-31/h19-20H,6-18H2,1-5H3,(H,28,29,33). The van der Waals surface area contributed by atoms with Crippen molar-refractivity contribution in [2.75, 3.05) is 57.8 Å². The lowest BCUT2D eigenvalue weighted by atomic mass is 9.83. The third-order valence-corrected chi connectivity index (χ3v) is 7.54. The summed E-state index contributed by atoms with van der Waals surface area (Å²) in [7, 11) is 2.20. The summed E-state index contributed by atoms with van der Waals surface area (Å²) in [6.07, 6.45) is 6.99. The lowest BCUT2D eigenvalue weighted by Crippen LogP contribution is -2.45. The summed E-state index contributed by atoms with van der Waals surface area (Å²) in [5, 5.41) is 0. The number of fused-ring (bicyclic) bond motifs is 1. The van der Waals surface area contributed by atoms with Crippen molar-refractivity contribution in [3.05, 3.63) is 21.6 Å². The van der Waals surface area contributed by atoms with E-state index < -0.39 is 0 Å². The Morgan fingerprint density at radius 2 is 1.82 bits per heavy atom. The van der Waals surface area contributed by atoms with Gasteiger partial charge in [0.2, 0.25) is 5.95 Å². The number of nitrogens with zero attached hydrogens (tertiary/aromatic N) is 5. The predicted octanol–water partition coefficient (Wildman–Crippen LogP) is 3.18. The molecule has 184 valence electrons. The smallest absolute Gasteiger partial charge is 0.256 e. The highest BCUT2D eigenvalue weighted by Crippen LogP contribution is 2.29. The molecule has 1 saturated heterocycles. The van der Waals surface area contributed by atoms with Crippen LogP contribution in [-0.4, -0.2) is 84.4 Å². The van der Waals surface area contributed by atoms with E-state index >= 15 is 0 Å². The number of hydrogen-bond donors (Lipinski definition) is 1. The third kappa shape index (κ3) is 6.04. The minimum atomic E-state index is -0.140. The predicted molar refractivity (Wildman–Crippen MR) is 137 cm³/mol. The van der Waals surface area contributed by atoms with Crippen LogP contribution in [0.15, 0.2) is 9.79 Å². The molecule has 33 heavy (non-hydrogen) atoms. The molecule has 0 bridgehead atoms. The SMILES string of the molecule is CC1Cc2c(nc(N(CCCN3CCN(C)CC3)CC3CCCC3)[nH]c2=O)C(C(C)(C)C)=N1. The lowest BCUT2D eigenvalue weighted by molar-refractivity contribution is 0.153. The van der Waals surface area contributed by atoms with E-state index in [1.54, 1.807) is 0 Å². The molecule has 2 aliphatic heterocycles. The Bertz CT molecular complexity index is 887. The number of aliphatic imine (C=N–C) groups is 1. The van der Waals surface area contributed by atoms with Crippen molar-refractivity contribution in [2.45, 2.75) is 72.3 Å². The number of piperazine rings is 1. The molecule has 0 aromatic carbocycles. The summed E-state index contributed by atoms with van der Waals surface area (Å²) < 4.78 is 0. The zero-order valence-corrected chi connectivity index (χ0v) is 21.5. The molecule has 1 N–H and O–H groups in total. The molecule has 0 radical (unpaired) electrons. The minimum absolute atomic E-state index is 0.0222. The molecule has 7 nitrogen and oxygen atoms in total. The fourth-order valence-corrected chi connectivity index (χ4v) is 5.54. The van der Waals surface area contributed by atoms with E-state index in [0.29, 0.717) is 12.3 Å². The fraction of sp³-hybridized carbons (Fsp3) is 0.808. The molecule has 0 spiro atoms. The quantitative estimate of drug-likeness (QED) is 0.683. The van der Waals surface area contributed by atoms with Crippen LogP contribution >= 0.6 is 0 Å². The van der Waals surface area contributed by atoms with Crippen LogP contribution in [0.2, 0.25) is 0 Å². The number of anilines is 1. The first kappa shape index (κ1) is 24.4. The topological polar surface area (TPSA) is 67.8 Å². The molecule has 1 aliphatic carbocycles. The van der Waals surface area contributed by atoms with Gasteiger partial charge in [-0.15, -0.1) is 0 Å². The van der Waals surface area contributed by atoms with E-state index in [-0.39, 0.29) is 17.0 Å². The van der Waals surface area contributed by atoms with Crippen molar-refractivity contribution >= 4 is 11.7 Å². The van der Waals surface area contributed by atoms with Crippen LogP contribution < -0.4 is 10.5 Å². The normalized spacial score (nSPS) is 22.9. The maximum absolute atomic E-state index is 13.2. The highest BCUT2D eigenvalue weighted by molar-refractivity contribution is 6.04. The molecule has 3 aliphatic rings. The van der Waals surface area contributed by atoms with Gasteiger partial charge in [0.1, 0.15) is 0 Å². The van der Waals surface area contributed by atoms with Crippen molar-refractivity contribution in [2.24, 2.45) is 16.3 Å². The van der Waals surface area contributed by atoms with Gasteiger partial charge in [-0.3, -0.25) is 14.8 Å². The van der Waals surface area contributed by atoms with Crippen molar-refractivity contribution in [1.29, 1.82) is 0 Å². The van der Waals surface area contributed by atoms with Crippen LogP contribution in [0.1, 0.15) is 71.1 Å². The Morgan fingerprint density at radius 1 is 1.12 bits per heavy atom. The zero-order valence-electron chi connectivity index (χ0n) is 21.5. The molecular weight excluding hydrogens is 412 g/mol. The van der Waals surface area contributed by atoms with E-state index in [0.717, 1.165) is 75.2 Å². The molecule has 1 aromatic rings. The summed E-state index contributed by atoms with van der Waals surface area (Å²) in [5.74, 6) is 1.45. The number of aromatic nitrogens is 2. The van der Waals surface area contributed by atoms with Gasteiger partial charge in [-0.05, 0) is 45.7 Å². The summed E-state index contributed by atoms with van der Waals surface area (Å²) >= 11 is 0. The molecule has 7 heteroatoms. The first-order valence-corrected chi connectivity index (χ1v) is 13.1. The molecule has 1 unspecified atom stereocenters. The molecule has 1 atom stereocenters. The van der Waals surface area contributed by atoms with Gasteiger partial charge in [-0.2, -0.15) is 0 Å². The molecular formula is C26H44N6O. The second-order valence-electron chi connectivity index (χ2n) is 11.6. The average Bonchev–Trinajstić information content (AvgIpc) is 3.27. The first-order chi connectivity index (χ1) is 15.7. The van der Waals surface area contributed by atoms with Gasteiger partial charge in [0.15, 0.2) is 0 Å². The van der Waals surface area contributed by atoms with Gasteiger partial charge >= 0.3 is 0 Å². The Morgan fingerprint density at radius 3 is 2.48 bits per heavy atom. The van der Waals surface area contributed by atoms with Crippen LogP contribution in [0, 0.1) is 11.3 Å². The van der Waals surface area contributed by atoms with Crippen LogP contribution in [-0.2, 0) is 6.42 Å². The van der Waals surface area contributed by atoms with Crippen molar-refractivity contribution in [3.8, 4) is 0 Å². The van der Waals surface area contributed by atoms with Gasteiger partial charge in [-0.1, -0.05) is 33.6 Å². The summed E-state index contributed by atoms with van der Waals surface area (Å²) in [6.45, 7) is 16.2. The Kier molecular flexibility index (Phi) is 7.59. The number of hydrogen-bond acceptors (Lipinski definition) is 6. The van der Waals surface area contributed by atoms with Crippen molar-refractivity contribution in [1.82, 2.24) is 19.8 Å². The summed E-state index contributed by atoms with van der Waals surface area (Å²) in [4.78, 5) is 33.8. The first-order valence-electron chi connectivity index (χ1n) is 13.1. The van der Waals surface area contributed by atoms with E-state index in [2.05, 4.69) is 54.4 Å². The molecule has 1 aromatic heterocycles. The van der Waals surface area contributed by atoms with E-state index in [1.807, 2.05) is 0 Å². The van der Waals surface area contributed by atoms with E-state index in [9.17, 15) is 4.79 Å². The van der Waals surface area contributed by atoms with Gasteiger partial charge < -0.3 is 14.7 Å². The number of likely N-dealkylation sites (N-methyl/N-ethyl adjacent to an activating group) is 1. The molecule has 2 fully saturated rings. The Hall–Kier alpha value is -1.73. The second kappa shape index (κ2) is 10.3. The zero-order chi connectivity index (χ0) is 23.6. The maximum Gasteiger partial charge on any atom is 0.256 e. The van der Waals surface area contributed by atoms with E-state index in [1.165, 1.54) is 25.7 Å². The second-order valence-corrected chi connectivity index (χ2v) is 11.6. The number of rotatable bonds is 7. The van der Waals surface area contributed by atoms with Crippen LogP contribution in [0.5, 0.6) is 0 Å². The maximum atomic E-state index is 13.2. The average molecular weight is 457 g/mol. The molecule has 1 saturated carbocycles. The molecule has 4 rings (SSSR count). The van der Waals surface area contributed by atoms with Gasteiger partial charge in [0.05, 0.1) is 17.4 Å². The minimum Gasteiger partial charge on any atom is -0.342 e. The van der Waals surface area contributed by atoms with Gasteiger partial charge in [0.25, 0.3) is 5.56 Å². The summed E-state index contributed by atoms with van der Waals surface area (Å²) in [5.41, 5.74) is 2.49. The van der Waals surface area contributed by atoms with Crippen LogP contribution in [0.4, 0.5) is 5.95 Å². The number of aromatic amines is 1. The molecule has 3 heterocycles. The highest BCUT2D eigenvalue weighted by Gasteiger charge is 2.32. The van der Waals surface area contributed by atoms with Crippen LogP contribution in [0.25, 0.3) is 0 Å². The summed E-state index contributed by atoms with van der Waals surface area (Å²) in [6, 6.07) is 0.124. The van der Waals surface area contributed by atoms with Gasteiger partial charge in [0, 0.05) is 56.7 Å².